The summed E-state index contributed by atoms with van der Waals surface area (Å²) in [4.78, 5) is 2.44. The molecule has 1 nitrogen and oxygen atoms in total. The molecule has 0 amide bonds. The van der Waals surface area contributed by atoms with Gasteiger partial charge < -0.3 is 0 Å². The summed E-state index contributed by atoms with van der Waals surface area (Å²) in [6.07, 6.45) is 2.72. The maximum atomic E-state index is 4.07. The number of rotatable bonds is 0. The summed E-state index contributed by atoms with van der Waals surface area (Å²) in [6, 6.07) is 0. The van der Waals surface area contributed by atoms with Gasteiger partial charge in [0, 0.05) is 12.1 Å². The van der Waals surface area contributed by atoms with E-state index in [0.29, 0.717) is 5.54 Å². The Morgan fingerprint density at radius 2 is 2.43 bits per heavy atom. The summed E-state index contributed by atoms with van der Waals surface area (Å²) in [5.74, 6) is 0. The first-order valence-electron chi connectivity index (χ1n) is 2.92. The number of fused-ring (bicyclic) bond motifs is 1. The van der Waals surface area contributed by atoms with Crippen molar-refractivity contribution in [3.05, 3.63) is 6.92 Å². The van der Waals surface area contributed by atoms with E-state index in [1.165, 1.54) is 25.9 Å². The molecule has 0 N–H and O–H groups in total. The van der Waals surface area contributed by atoms with Crippen molar-refractivity contribution < 1.29 is 0 Å². The van der Waals surface area contributed by atoms with Gasteiger partial charge in [-0.2, -0.15) is 0 Å². The first-order valence-corrected chi connectivity index (χ1v) is 2.92. The zero-order chi connectivity index (χ0) is 4.91. The van der Waals surface area contributed by atoms with Crippen LogP contribution in [0, 0.1) is 6.92 Å². The van der Waals surface area contributed by atoms with Gasteiger partial charge in [0.2, 0.25) is 0 Å². The highest BCUT2D eigenvalue weighted by Crippen LogP contribution is 2.41. The van der Waals surface area contributed by atoms with Crippen LogP contribution in [0.4, 0.5) is 0 Å². The summed E-state index contributed by atoms with van der Waals surface area (Å²) in [7, 11) is 0. The van der Waals surface area contributed by atoms with Gasteiger partial charge >= 0.3 is 0 Å². The molecule has 0 spiro atoms. The minimum Gasteiger partial charge on any atom is -0.295 e. The summed E-state index contributed by atoms with van der Waals surface area (Å²) in [6.45, 7) is 6.65. The fourth-order valence-corrected chi connectivity index (χ4v) is 1.47. The van der Waals surface area contributed by atoms with E-state index in [-0.39, 0.29) is 0 Å². The highest BCUT2D eigenvalue weighted by molar-refractivity contribution is 5.13. The smallest absolute Gasteiger partial charge is 0.0338 e. The first kappa shape index (κ1) is 3.90. The molecule has 0 saturated carbocycles. The van der Waals surface area contributed by atoms with Gasteiger partial charge in [0.1, 0.15) is 0 Å². The molecular weight excluding hydrogens is 86.1 g/mol. The van der Waals surface area contributed by atoms with Gasteiger partial charge in [-0.05, 0) is 26.3 Å². The molecule has 0 bridgehead atoms. The summed E-state index contributed by atoms with van der Waals surface area (Å²) in [5, 5.41) is 0. The topological polar surface area (TPSA) is 3.01 Å². The molecule has 0 aromatic carbocycles. The Labute approximate surface area is 44.3 Å². The predicted octanol–water partition coefficient (Wildman–Crippen LogP) is 0.669. The molecule has 2 heterocycles. The Morgan fingerprint density at radius 3 is 2.57 bits per heavy atom. The van der Waals surface area contributed by atoms with E-state index in [0.717, 1.165) is 0 Å². The quantitative estimate of drug-likeness (QED) is 0.400. The fourth-order valence-electron chi connectivity index (χ4n) is 1.47. The molecule has 2 saturated heterocycles. The van der Waals surface area contributed by atoms with E-state index in [2.05, 4.69) is 11.8 Å². The second-order valence-electron chi connectivity index (χ2n) is 2.75. The van der Waals surface area contributed by atoms with Crippen LogP contribution < -0.4 is 0 Å². The van der Waals surface area contributed by atoms with Gasteiger partial charge in [-0.1, -0.05) is 0 Å². The van der Waals surface area contributed by atoms with E-state index in [1.807, 2.05) is 0 Å². The fraction of sp³-hybridized carbons (Fsp3) is 0.833. The van der Waals surface area contributed by atoms with Gasteiger partial charge in [-0.3, -0.25) is 4.90 Å². The Hall–Kier alpha value is -0.0400. The first-order chi connectivity index (χ1) is 3.31. The predicted molar refractivity (Wildman–Crippen MR) is 28.9 cm³/mol. The Kier molecular flexibility index (Phi) is 0.487. The molecule has 0 aromatic heterocycles. The zero-order valence-electron chi connectivity index (χ0n) is 4.48. The number of hydrogen-bond donors (Lipinski definition) is 0. The van der Waals surface area contributed by atoms with Gasteiger partial charge in [0.25, 0.3) is 0 Å². The van der Waals surface area contributed by atoms with Crippen molar-refractivity contribution in [1.82, 2.24) is 4.90 Å². The third-order valence-electron chi connectivity index (χ3n) is 2.12. The average molecular weight is 96.2 g/mol. The molecule has 0 aromatic rings. The average Bonchev–Trinajstić information content (AvgIpc) is 2.09. The lowest BCUT2D eigenvalue weighted by atomic mass is 10.1. The lowest BCUT2D eigenvalue weighted by molar-refractivity contribution is 0.554. The van der Waals surface area contributed by atoms with E-state index < -0.39 is 0 Å². The molecule has 2 aliphatic heterocycles. The van der Waals surface area contributed by atoms with Crippen LogP contribution in [0.25, 0.3) is 0 Å². The van der Waals surface area contributed by atoms with Crippen LogP contribution >= 0.6 is 0 Å². The second-order valence-corrected chi connectivity index (χ2v) is 2.75. The van der Waals surface area contributed by atoms with Crippen molar-refractivity contribution in [1.29, 1.82) is 0 Å². The normalized spacial score (nSPS) is 57.0. The minimum absolute atomic E-state index is 0.444. The molecule has 1 radical (unpaired) electrons. The molecule has 2 atom stereocenters. The van der Waals surface area contributed by atoms with Gasteiger partial charge in [0.15, 0.2) is 0 Å². The van der Waals surface area contributed by atoms with E-state index in [4.69, 9.17) is 0 Å². The molecule has 2 fully saturated rings. The van der Waals surface area contributed by atoms with Crippen LogP contribution in [-0.2, 0) is 0 Å². The molecule has 2 rings (SSSR count). The zero-order valence-corrected chi connectivity index (χ0v) is 4.48. The summed E-state index contributed by atoms with van der Waals surface area (Å²) >= 11 is 0. The van der Waals surface area contributed by atoms with Crippen LogP contribution in [0.3, 0.4) is 0 Å². The van der Waals surface area contributed by atoms with Crippen molar-refractivity contribution >= 4 is 0 Å². The Morgan fingerprint density at radius 1 is 1.57 bits per heavy atom. The Bertz CT molecular complexity index is 98.4. The van der Waals surface area contributed by atoms with Crippen molar-refractivity contribution in [2.45, 2.75) is 18.4 Å². The molecule has 0 aliphatic carbocycles. The highest BCUT2D eigenvalue weighted by atomic mass is 15.4. The monoisotopic (exact) mass is 96.1 g/mol. The Balaban J connectivity index is 2.17. The van der Waals surface area contributed by atoms with Crippen LogP contribution in [0.15, 0.2) is 0 Å². The third kappa shape index (κ3) is 0.367. The number of piperidine rings is 1. The van der Waals surface area contributed by atoms with Crippen molar-refractivity contribution in [3.63, 3.8) is 0 Å². The lowest BCUT2D eigenvalue weighted by Gasteiger charge is -1.94. The molecular formula is C6H10N. The lowest BCUT2D eigenvalue weighted by Crippen LogP contribution is -2.03. The summed E-state index contributed by atoms with van der Waals surface area (Å²) < 4.78 is 0. The van der Waals surface area contributed by atoms with Gasteiger partial charge in [-0.15, -0.1) is 0 Å². The van der Waals surface area contributed by atoms with Crippen LogP contribution in [0.5, 0.6) is 0 Å². The van der Waals surface area contributed by atoms with Gasteiger partial charge in [0.05, 0.1) is 0 Å². The van der Waals surface area contributed by atoms with E-state index in [1.54, 1.807) is 0 Å². The SMILES string of the molecule is [CH2]C12CCCN1C2. The van der Waals surface area contributed by atoms with Crippen LogP contribution in [0.1, 0.15) is 12.8 Å². The van der Waals surface area contributed by atoms with Crippen LogP contribution in [-0.4, -0.2) is 23.5 Å². The molecule has 2 aliphatic rings. The minimum atomic E-state index is 0.444. The highest BCUT2D eigenvalue weighted by Gasteiger charge is 2.50. The number of hydrogen-bond acceptors (Lipinski definition) is 1. The van der Waals surface area contributed by atoms with Gasteiger partial charge in [-0.25, -0.2) is 0 Å². The molecule has 1 heteroatoms. The van der Waals surface area contributed by atoms with E-state index >= 15 is 0 Å². The molecule has 39 valence electrons. The van der Waals surface area contributed by atoms with Crippen molar-refractivity contribution in [3.8, 4) is 0 Å². The molecule has 7 heavy (non-hydrogen) atoms. The van der Waals surface area contributed by atoms with Crippen molar-refractivity contribution in [2.24, 2.45) is 0 Å². The van der Waals surface area contributed by atoms with Crippen molar-refractivity contribution in [2.75, 3.05) is 13.1 Å². The summed E-state index contributed by atoms with van der Waals surface area (Å²) in [5.41, 5.74) is 0.444. The third-order valence-corrected chi connectivity index (χ3v) is 2.12. The maximum absolute atomic E-state index is 4.07. The maximum Gasteiger partial charge on any atom is 0.0338 e. The second kappa shape index (κ2) is 0.873. The van der Waals surface area contributed by atoms with Crippen LogP contribution in [0.2, 0.25) is 0 Å². The largest absolute Gasteiger partial charge is 0.295 e. The standard InChI is InChI=1S/C6H10N/c1-6-3-2-4-7(6)5-6/h1-5H2. The number of nitrogens with zero attached hydrogens (tertiary/aromatic N) is 1. The molecule has 2 unspecified atom stereocenters. The van der Waals surface area contributed by atoms with E-state index in [9.17, 15) is 0 Å².